The van der Waals surface area contributed by atoms with E-state index < -0.39 is 0 Å². The predicted octanol–water partition coefficient (Wildman–Crippen LogP) is 3.89. The molecular formula is C16H20IN3O2. The molecule has 0 atom stereocenters. The molecule has 0 spiro atoms. The lowest BCUT2D eigenvalue weighted by atomic mass is 9.97. The van der Waals surface area contributed by atoms with Gasteiger partial charge in [-0.2, -0.15) is 4.98 Å². The van der Waals surface area contributed by atoms with Gasteiger partial charge in [0.05, 0.1) is 7.11 Å². The molecule has 2 aromatic rings. The van der Waals surface area contributed by atoms with Gasteiger partial charge in [-0.15, -0.1) is 0 Å². The van der Waals surface area contributed by atoms with Gasteiger partial charge in [0, 0.05) is 47.4 Å². The maximum atomic E-state index is 5.52. The zero-order valence-electron chi connectivity index (χ0n) is 13.1. The van der Waals surface area contributed by atoms with Crippen LogP contribution in [0.5, 0.6) is 5.75 Å². The van der Waals surface area contributed by atoms with E-state index in [1.54, 1.807) is 7.11 Å². The van der Waals surface area contributed by atoms with E-state index in [4.69, 9.17) is 9.26 Å². The molecule has 0 unspecified atom stereocenters. The number of aromatic nitrogens is 2. The zero-order chi connectivity index (χ0) is 15.7. The Kier molecular flexibility index (Phi) is 4.67. The summed E-state index contributed by atoms with van der Waals surface area (Å²) in [7, 11) is 1.68. The minimum atomic E-state index is 0.399. The number of piperidine rings is 1. The number of hydrogen-bond donors (Lipinski definition) is 0. The van der Waals surface area contributed by atoms with Crippen molar-refractivity contribution in [1.82, 2.24) is 13.3 Å². The molecule has 0 N–H and O–H groups in total. The van der Waals surface area contributed by atoms with Gasteiger partial charge in [0.1, 0.15) is 5.75 Å². The van der Waals surface area contributed by atoms with E-state index in [9.17, 15) is 0 Å². The Hall–Kier alpha value is -1.15. The highest BCUT2D eigenvalue weighted by Crippen LogP contribution is 2.32. The summed E-state index contributed by atoms with van der Waals surface area (Å²) >= 11 is 2.37. The van der Waals surface area contributed by atoms with E-state index in [1.807, 2.05) is 13.0 Å². The molecular weight excluding hydrogens is 393 g/mol. The van der Waals surface area contributed by atoms with E-state index in [0.29, 0.717) is 11.8 Å². The largest absolute Gasteiger partial charge is 0.496 e. The van der Waals surface area contributed by atoms with E-state index in [2.05, 4.69) is 49.1 Å². The van der Waals surface area contributed by atoms with Crippen molar-refractivity contribution in [3.63, 3.8) is 0 Å². The fraction of sp³-hybridized carbons (Fsp3) is 0.500. The maximum Gasteiger partial charge on any atom is 0.258 e. The van der Waals surface area contributed by atoms with Crippen LogP contribution in [-0.4, -0.2) is 33.5 Å². The minimum Gasteiger partial charge on any atom is -0.496 e. The number of methoxy groups -OCH3 is 1. The van der Waals surface area contributed by atoms with Gasteiger partial charge < -0.3 is 9.26 Å². The summed E-state index contributed by atoms with van der Waals surface area (Å²) in [5.74, 6) is 2.66. The van der Waals surface area contributed by atoms with Crippen LogP contribution in [0.1, 0.15) is 35.7 Å². The molecule has 1 aromatic heterocycles. The Morgan fingerprint density at radius 3 is 2.64 bits per heavy atom. The quantitative estimate of drug-likeness (QED) is 0.565. The molecule has 6 heteroatoms. The molecule has 0 saturated carbocycles. The first-order chi connectivity index (χ1) is 10.6. The normalized spacial score (nSPS) is 16.9. The van der Waals surface area contributed by atoms with Gasteiger partial charge in [0.15, 0.2) is 5.82 Å². The predicted molar refractivity (Wildman–Crippen MR) is 93.3 cm³/mol. The lowest BCUT2D eigenvalue weighted by molar-refractivity contribution is 0.345. The second-order valence-electron chi connectivity index (χ2n) is 5.78. The fourth-order valence-electron chi connectivity index (χ4n) is 2.90. The third-order valence-electron chi connectivity index (χ3n) is 4.22. The number of hydrogen-bond acceptors (Lipinski definition) is 5. The van der Waals surface area contributed by atoms with Crippen LogP contribution in [0.25, 0.3) is 11.5 Å². The first-order valence-corrected chi connectivity index (χ1v) is 8.45. The average molecular weight is 413 g/mol. The SMILES string of the molecule is COc1cc(-c2nc(C3CCN(I)CC3)no2)c(C)cc1C. The van der Waals surface area contributed by atoms with Crippen molar-refractivity contribution in [3.8, 4) is 17.2 Å². The number of aryl methyl sites for hydroxylation is 2. The van der Waals surface area contributed by atoms with Gasteiger partial charge in [-0.3, -0.25) is 0 Å². The monoisotopic (exact) mass is 413 g/mol. The van der Waals surface area contributed by atoms with Crippen LogP contribution >= 0.6 is 22.9 Å². The Balaban J connectivity index is 1.87. The Labute approximate surface area is 144 Å². The molecule has 0 amide bonds. The lowest BCUT2D eigenvalue weighted by Gasteiger charge is -2.25. The van der Waals surface area contributed by atoms with E-state index in [-0.39, 0.29) is 0 Å². The van der Waals surface area contributed by atoms with Gasteiger partial charge in [-0.05, 0) is 43.9 Å². The number of nitrogens with zero attached hydrogens (tertiary/aromatic N) is 3. The minimum absolute atomic E-state index is 0.399. The summed E-state index contributed by atoms with van der Waals surface area (Å²) in [6, 6.07) is 4.07. The first-order valence-electron chi connectivity index (χ1n) is 7.48. The number of benzene rings is 1. The van der Waals surface area contributed by atoms with Gasteiger partial charge in [0.25, 0.3) is 5.89 Å². The van der Waals surface area contributed by atoms with Crippen molar-refractivity contribution < 1.29 is 9.26 Å². The second-order valence-corrected chi connectivity index (χ2v) is 7.14. The average Bonchev–Trinajstić information content (AvgIpc) is 2.98. The fourth-order valence-corrected chi connectivity index (χ4v) is 3.46. The van der Waals surface area contributed by atoms with Crippen LogP contribution < -0.4 is 4.74 Å². The van der Waals surface area contributed by atoms with Crippen LogP contribution in [0.15, 0.2) is 16.7 Å². The van der Waals surface area contributed by atoms with Crippen LogP contribution in [0, 0.1) is 13.8 Å². The van der Waals surface area contributed by atoms with E-state index in [0.717, 1.165) is 54.2 Å². The first kappa shape index (κ1) is 15.7. The number of rotatable bonds is 3. The lowest BCUT2D eigenvalue weighted by Crippen LogP contribution is -2.25. The molecule has 1 aromatic carbocycles. The van der Waals surface area contributed by atoms with Crippen molar-refractivity contribution >= 4 is 22.9 Å². The summed E-state index contributed by atoms with van der Waals surface area (Å²) in [4.78, 5) is 4.64. The highest BCUT2D eigenvalue weighted by molar-refractivity contribution is 14.1. The highest BCUT2D eigenvalue weighted by atomic mass is 127. The third kappa shape index (κ3) is 3.12. The summed E-state index contributed by atoms with van der Waals surface area (Å²) in [6.07, 6.45) is 2.16. The summed E-state index contributed by atoms with van der Waals surface area (Å²) in [5, 5.41) is 4.21. The number of ether oxygens (including phenoxy) is 1. The van der Waals surface area contributed by atoms with Gasteiger partial charge in [0.2, 0.25) is 0 Å². The Bertz CT molecular complexity index is 663. The van der Waals surface area contributed by atoms with Gasteiger partial charge in [-0.1, -0.05) is 11.2 Å². The molecule has 0 radical (unpaired) electrons. The second kappa shape index (κ2) is 6.54. The zero-order valence-corrected chi connectivity index (χ0v) is 15.3. The van der Waals surface area contributed by atoms with Crippen LogP contribution in [-0.2, 0) is 0 Å². The van der Waals surface area contributed by atoms with E-state index >= 15 is 0 Å². The maximum absolute atomic E-state index is 5.52. The molecule has 0 aliphatic carbocycles. The topological polar surface area (TPSA) is 51.4 Å². The van der Waals surface area contributed by atoms with Crippen LogP contribution in [0.3, 0.4) is 0 Å². The van der Waals surface area contributed by atoms with Gasteiger partial charge in [-0.25, -0.2) is 3.11 Å². The van der Waals surface area contributed by atoms with Crippen molar-refractivity contribution in [2.24, 2.45) is 0 Å². The molecule has 118 valence electrons. The smallest absolute Gasteiger partial charge is 0.258 e. The van der Waals surface area contributed by atoms with Crippen LogP contribution in [0.2, 0.25) is 0 Å². The Morgan fingerprint density at radius 1 is 1.23 bits per heavy atom. The van der Waals surface area contributed by atoms with Gasteiger partial charge >= 0.3 is 0 Å². The molecule has 5 nitrogen and oxygen atoms in total. The molecule has 1 saturated heterocycles. The molecule has 1 fully saturated rings. The molecule has 2 heterocycles. The van der Waals surface area contributed by atoms with Crippen molar-refractivity contribution in [2.75, 3.05) is 20.2 Å². The molecule has 3 rings (SSSR count). The highest BCUT2D eigenvalue weighted by Gasteiger charge is 2.24. The Morgan fingerprint density at radius 2 is 1.95 bits per heavy atom. The summed E-state index contributed by atoms with van der Waals surface area (Å²) in [5.41, 5.74) is 3.18. The molecule has 1 aliphatic rings. The molecule has 22 heavy (non-hydrogen) atoms. The van der Waals surface area contributed by atoms with Crippen LogP contribution in [0.4, 0.5) is 0 Å². The van der Waals surface area contributed by atoms with Crippen molar-refractivity contribution in [2.45, 2.75) is 32.6 Å². The van der Waals surface area contributed by atoms with E-state index in [1.165, 1.54) is 0 Å². The molecule has 0 bridgehead atoms. The standard InChI is InChI=1S/C16H20IN3O2/c1-10-8-11(2)14(21-3)9-13(10)16-18-15(19-22-16)12-4-6-20(17)7-5-12/h8-9,12H,4-7H2,1-3H3. The van der Waals surface area contributed by atoms with Crippen molar-refractivity contribution in [1.29, 1.82) is 0 Å². The summed E-state index contributed by atoms with van der Waals surface area (Å²) < 4.78 is 13.2. The summed E-state index contributed by atoms with van der Waals surface area (Å²) in [6.45, 7) is 6.24. The molecule has 1 aliphatic heterocycles. The van der Waals surface area contributed by atoms with Crippen molar-refractivity contribution in [3.05, 3.63) is 29.1 Å². The number of halogens is 1. The third-order valence-corrected chi connectivity index (χ3v) is 5.18.